The average molecular weight is 493 g/mol. The molecule has 0 aromatic carbocycles. The Morgan fingerprint density at radius 1 is 1.15 bits per heavy atom. The van der Waals surface area contributed by atoms with Gasteiger partial charge in [0, 0.05) is 46.7 Å². The Hall–Kier alpha value is -0.570. The molecule has 2 heterocycles. The van der Waals surface area contributed by atoms with Gasteiger partial charge in [0.2, 0.25) is 5.91 Å². The second kappa shape index (κ2) is 13.6. The summed E-state index contributed by atoms with van der Waals surface area (Å²) < 4.78 is 0. The molecule has 7 heteroatoms. The lowest BCUT2D eigenvalue weighted by molar-refractivity contribution is -0.121. The van der Waals surface area contributed by atoms with Crippen molar-refractivity contribution < 1.29 is 4.79 Å². The third kappa shape index (κ3) is 8.98. The molecule has 6 nitrogen and oxygen atoms in total. The highest BCUT2D eigenvalue weighted by Crippen LogP contribution is 2.20. The first-order valence-corrected chi connectivity index (χ1v) is 10.5. The molecule has 2 saturated heterocycles. The van der Waals surface area contributed by atoms with Crippen LogP contribution in [-0.4, -0.2) is 75.0 Å². The third-order valence-electron chi connectivity index (χ3n) is 5.80. The van der Waals surface area contributed by atoms with Crippen molar-refractivity contribution in [2.75, 3.05) is 53.4 Å². The molecule has 1 amide bonds. The summed E-state index contributed by atoms with van der Waals surface area (Å²) in [6.07, 6.45) is 8.01. The summed E-state index contributed by atoms with van der Waals surface area (Å²) in [7, 11) is 3.59. The molecule has 0 radical (unpaired) electrons. The molecule has 0 saturated carbocycles. The van der Waals surface area contributed by atoms with Crippen molar-refractivity contribution in [2.24, 2.45) is 16.8 Å². The maximum absolute atomic E-state index is 11.5. The molecule has 27 heavy (non-hydrogen) atoms. The molecule has 2 rings (SSSR count). The summed E-state index contributed by atoms with van der Waals surface area (Å²) >= 11 is 0. The van der Waals surface area contributed by atoms with Crippen LogP contribution in [0.15, 0.2) is 4.99 Å². The van der Waals surface area contributed by atoms with Crippen LogP contribution < -0.4 is 10.6 Å². The first-order chi connectivity index (χ1) is 12.6. The predicted octanol–water partition coefficient (Wildman–Crippen LogP) is 2.54. The number of halogens is 1. The minimum Gasteiger partial charge on any atom is -0.359 e. The molecule has 0 spiro atoms. The molecule has 2 aliphatic heterocycles. The Morgan fingerprint density at radius 2 is 1.89 bits per heavy atom. The van der Waals surface area contributed by atoms with Crippen molar-refractivity contribution in [3.63, 3.8) is 0 Å². The van der Waals surface area contributed by atoms with E-state index in [0.29, 0.717) is 12.3 Å². The van der Waals surface area contributed by atoms with E-state index in [-0.39, 0.29) is 29.9 Å². The molecule has 0 aromatic rings. The molecule has 1 unspecified atom stereocenters. The van der Waals surface area contributed by atoms with Crippen LogP contribution in [0.1, 0.15) is 51.9 Å². The van der Waals surface area contributed by atoms with Crippen molar-refractivity contribution in [1.82, 2.24) is 20.4 Å². The third-order valence-corrected chi connectivity index (χ3v) is 5.80. The molecule has 0 aliphatic carbocycles. The quantitative estimate of drug-likeness (QED) is 0.248. The Kier molecular flexibility index (Phi) is 12.3. The van der Waals surface area contributed by atoms with Crippen LogP contribution in [0.2, 0.25) is 0 Å². The van der Waals surface area contributed by atoms with Gasteiger partial charge < -0.3 is 20.4 Å². The standard InChI is InChI=1S/C20H39N5O.HI/c1-17-7-6-12-24(16-17)11-5-4-10-23-20(22-3)25-13-8-18(9-14-25)15-19(26)21-2;/h17-18H,4-16H2,1-3H3,(H,21,26)(H,22,23);1H. The van der Waals surface area contributed by atoms with Gasteiger partial charge in [0.1, 0.15) is 0 Å². The van der Waals surface area contributed by atoms with Crippen LogP contribution in [0.25, 0.3) is 0 Å². The molecular formula is C20H40IN5O. The van der Waals surface area contributed by atoms with Crippen LogP contribution in [0.3, 0.4) is 0 Å². The number of piperidine rings is 2. The van der Waals surface area contributed by atoms with Gasteiger partial charge in [-0.15, -0.1) is 24.0 Å². The number of hydrogen-bond acceptors (Lipinski definition) is 3. The Labute approximate surface area is 182 Å². The van der Waals surface area contributed by atoms with Gasteiger partial charge in [0.05, 0.1) is 0 Å². The number of carbonyl (C=O) groups is 1. The van der Waals surface area contributed by atoms with Gasteiger partial charge in [-0.05, 0) is 63.5 Å². The zero-order valence-electron chi connectivity index (χ0n) is 17.5. The van der Waals surface area contributed by atoms with Gasteiger partial charge in [-0.3, -0.25) is 9.79 Å². The van der Waals surface area contributed by atoms with Crippen molar-refractivity contribution in [3.05, 3.63) is 0 Å². The van der Waals surface area contributed by atoms with Gasteiger partial charge in [0.25, 0.3) is 0 Å². The van der Waals surface area contributed by atoms with Gasteiger partial charge in [-0.2, -0.15) is 0 Å². The summed E-state index contributed by atoms with van der Waals surface area (Å²) in [5.74, 6) is 2.56. The van der Waals surface area contributed by atoms with Gasteiger partial charge in [-0.25, -0.2) is 0 Å². The molecule has 2 N–H and O–H groups in total. The first-order valence-electron chi connectivity index (χ1n) is 10.5. The highest BCUT2D eigenvalue weighted by molar-refractivity contribution is 14.0. The van der Waals surface area contributed by atoms with Crippen LogP contribution in [0.4, 0.5) is 0 Å². The number of rotatable bonds is 7. The smallest absolute Gasteiger partial charge is 0.220 e. The Bertz CT molecular complexity index is 452. The van der Waals surface area contributed by atoms with Crippen LogP contribution in [0.5, 0.6) is 0 Å². The second-order valence-corrected chi connectivity index (χ2v) is 8.04. The Balaban J connectivity index is 0.00000364. The number of nitrogens with zero attached hydrogens (tertiary/aromatic N) is 3. The number of hydrogen-bond donors (Lipinski definition) is 2. The van der Waals surface area contributed by atoms with Crippen molar-refractivity contribution in [2.45, 2.75) is 51.9 Å². The number of unbranched alkanes of at least 4 members (excludes halogenated alkanes) is 1. The van der Waals surface area contributed by atoms with E-state index in [9.17, 15) is 4.79 Å². The monoisotopic (exact) mass is 493 g/mol. The number of likely N-dealkylation sites (tertiary alicyclic amines) is 2. The second-order valence-electron chi connectivity index (χ2n) is 8.04. The number of guanidine groups is 1. The lowest BCUT2D eigenvalue weighted by atomic mass is 9.93. The fraction of sp³-hybridized carbons (Fsp3) is 0.900. The molecule has 2 fully saturated rings. The van der Waals surface area contributed by atoms with E-state index in [1.807, 2.05) is 7.05 Å². The first kappa shape index (κ1) is 24.5. The van der Waals surface area contributed by atoms with Crippen molar-refractivity contribution in [1.29, 1.82) is 0 Å². The van der Waals surface area contributed by atoms with Crippen LogP contribution in [0, 0.1) is 11.8 Å². The zero-order chi connectivity index (χ0) is 18.8. The van der Waals surface area contributed by atoms with E-state index in [2.05, 4.69) is 32.3 Å². The SMILES string of the molecule is CN=C(NCCCCN1CCCC(C)C1)N1CCC(CC(=O)NC)CC1.I. The van der Waals surface area contributed by atoms with E-state index < -0.39 is 0 Å². The maximum Gasteiger partial charge on any atom is 0.220 e. The topological polar surface area (TPSA) is 60.0 Å². The van der Waals surface area contributed by atoms with E-state index >= 15 is 0 Å². The highest BCUT2D eigenvalue weighted by Gasteiger charge is 2.23. The number of aliphatic imine (C=N–C) groups is 1. The summed E-state index contributed by atoms with van der Waals surface area (Å²) in [6, 6.07) is 0. The molecule has 158 valence electrons. The minimum atomic E-state index is 0. The summed E-state index contributed by atoms with van der Waals surface area (Å²) in [4.78, 5) is 20.9. The van der Waals surface area contributed by atoms with E-state index in [0.717, 1.165) is 44.4 Å². The molecule has 2 aliphatic rings. The van der Waals surface area contributed by atoms with Gasteiger partial charge in [-0.1, -0.05) is 6.92 Å². The molecule has 0 bridgehead atoms. The van der Waals surface area contributed by atoms with Crippen LogP contribution in [-0.2, 0) is 4.79 Å². The number of carbonyl (C=O) groups excluding carboxylic acids is 1. The fourth-order valence-electron chi connectivity index (χ4n) is 4.20. The van der Waals surface area contributed by atoms with Gasteiger partial charge in [0.15, 0.2) is 5.96 Å². The van der Waals surface area contributed by atoms with E-state index in [1.165, 1.54) is 45.3 Å². The number of nitrogens with one attached hydrogen (secondary N) is 2. The largest absolute Gasteiger partial charge is 0.359 e. The van der Waals surface area contributed by atoms with Crippen molar-refractivity contribution in [3.8, 4) is 0 Å². The Morgan fingerprint density at radius 3 is 2.52 bits per heavy atom. The fourth-order valence-corrected chi connectivity index (χ4v) is 4.20. The maximum atomic E-state index is 11.5. The molecule has 0 aromatic heterocycles. The predicted molar refractivity (Wildman–Crippen MR) is 124 cm³/mol. The number of amides is 1. The molecule has 1 atom stereocenters. The summed E-state index contributed by atoms with van der Waals surface area (Å²) in [5, 5.41) is 6.26. The van der Waals surface area contributed by atoms with E-state index in [4.69, 9.17) is 0 Å². The highest BCUT2D eigenvalue weighted by atomic mass is 127. The molecular weight excluding hydrogens is 453 g/mol. The van der Waals surface area contributed by atoms with Crippen molar-refractivity contribution >= 4 is 35.8 Å². The van der Waals surface area contributed by atoms with E-state index in [1.54, 1.807) is 7.05 Å². The lowest BCUT2D eigenvalue weighted by Crippen LogP contribution is -2.46. The normalized spacial score (nSPS) is 22.3. The summed E-state index contributed by atoms with van der Waals surface area (Å²) in [5.41, 5.74) is 0. The van der Waals surface area contributed by atoms with Gasteiger partial charge >= 0.3 is 0 Å². The minimum absolute atomic E-state index is 0. The lowest BCUT2D eigenvalue weighted by Gasteiger charge is -2.34. The average Bonchev–Trinajstić information content (AvgIpc) is 2.65. The zero-order valence-corrected chi connectivity index (χ0v) is 19.8. The summed E-state index contributed by atoms with van der Waals surface area (Å²) in [6.45, 7) is 9.14. The van der Waals surface area contributed by atoms with Crippen LogP contribution >= 0.6 is 24.0 Å².